The van der Waals surface area contributed by atoms with Crippen molar-refractivity contribution in [2.75, 3.05) is 0 Å². The summed E-state index contributed by atoms with van der Waals surface area (Å²) in [5, 5.41) is 24.4. The Morgan fingerprint density at radius 3 is 1.62 bits per heavy atom. The summed E-state index contributed by atoms with van der Waals surface area (Å²) < 4.78 is 0. The Balaban J connectivity index is 1.61. The summed E-state index contributed by atoms with van der Waals surface area (Å²) in [7, 11) is 0. The Kier molecular flexibility index (Phi) is 17.7. The minimum Gasteiger partial charge on any atom is -0.480 e. The van der Waals surface area contributed by atoms with E-state index in [1.54, 1.807) is 61.5 Å². The molecule has 0 bridgehead atoms. The number of rotatable bonds is 23. The Labute approximate surface area is 403 Å². The molecule has 0 aromatic heterocycles. The lowest BCUT2D eigenvalue weighted by atomic mass is 9.85. The fourth-order valence-electron chi connectivity index (χ4n) is 7.21. The van der Waals surface area contributed by atoms with Gasteiger partial charge in [-0.15, -0.1) is 0 Å². The number of hydrogen-bond donors (Lipinski definition) is 7. The molecule has 368 valence electrons. The first-order chi connectivity index (χ1) is 32.0. The van der Waals surface area contributed by atoms with E-state index >= 15 is 0 Å². The Morgan fingerprint density at radius 1 is 0.536 bits per heavy atom. The molecule has 0 saturated heterocycles. The van der Waals surface area contributed by atoms with Gasteiger partial charge in [0.05, 0.1) is 11.1 Å². The summed E-state index contributed by atoms with van der Waals surface area (Å²) in [5.41, 5.74) is 2.04. The standard InChI is InChI=1S/C53H66N6O10/c1-31(26-41(60)50(3,4)54)44(63)57-53(9,10)49(69)56-40(29-34-22-23-35-16-14-15-19-38(35)28-34)46(65)59-51(5,6)42(61)30-39(45(64)58-52(7,8)48(68)55-32(2)47(66)67)27-33-20-24-37(25-21-33)43(62)36-17-12-11-13-18-36/h11-25,28,31-32,39-40H,26-27,29-30,54H2,1-10H3,(H,55,68)(H,56,69)(H,57,63)(H,58,64)(H,59,65)(H,66,67). The third kappa shape index (κ3) is 15.2. The number of aliphatic carboxylic acids is 1. The molecular formula is C53H66N6O10. The van der Waals surface area contributed by atoms with Gasteiger partial charge in [-0.3, -0.25) is 43.2 Å². The van der Waals surface area contributed by atoms with Crippen LogP contribution in [-0.4, -0.2) is 92.2 Å². The number of carboxylic acids is 1. The summed E-state index contributed by atoms with van der Waals surface area (Å²) in [6.07, 6.45) is -0.676. The van der Waals surface area contributed by atoms with Crippen molar-refractivity contribution in [2.24, 2.45) is 17.6 Å². The molecule has 0 aliphatic carbocycles. The molecule has 5 amide bonds. The zero-order chi connectivity index (χ0) is 51.6. The number of carbonyl (C=O) groups excluding carboxylic acids is 8. The zero-order valence-corrected chi connectivity index (χ0v) is 41.1. The van der Waals surface area contributed by atoms with Gasteiger partial charge in [0.1, 0.15) is 23.2 Å². The fourth-order valence-corrected chi connectivity index (χ4v) is 7.21. The van der Waals surface area contributed by atoms with Crippen LogP contribution in [0.5, 0.6) is 0 Å². The summed E-state index contributed by atoms with van der Waals surface area (Å²) in [6, 6.07) is 25.8. The van der Waals surface area contributed by atoms with Crippen molar-refractivity contribution in [2.45, 2.75) is 129 Å². The van der Waals surface area contributed by atoms with Crippen molar-refractivity contribution >= 4 is 63.6 Å². The molecular weight excluding hydrogens is 881 g/mol. The number of carboxylic acid groups (broad SMARTS) is 1. The second kappa shape index (κ2) is 22.4. The lowest BCUT2D eigenvalue weighted by Gasteiger charge is -2.32. The van der Waals surface area contributed by atoms with Crippen LogP contribution < -0.4 is 32.3 Å². The molecule has 4 unspecified atom stereocenters. The Hall–Kier alpha value is -7.07. The maximum Gasteiger partial charge on any atom is 0.325 e. The highest BCUT2D eigenvalue weighted by Gasteiger charge is 2.40. The smallest absolute Gasteiger partial charge is 0.325 e. The summed E-state index contributed by atoms with van der Waals surface area (Å²) in [5.74, 6) is -7.93. The van der Waals surface area contributed by atoms with E-state index in [0.29, 0.717) is 22.3 Å². The molecule has 0 saturated carbocycles. The van der Waals surface area contributed by atoms with Gasteiger partial charge < -0.3 is 37.4 Å². The zero-order valence-electron chi connectivity index (χ0n) is 41.1. The van der Waals surface area contributed by atoms with Gasteiger partial charge in [-0.2, -0.15) is 0 Å². The number of fused-ring (bicyclic) bond motifs is 1. The van der Waals surface area contributed by atoms with Gasteiger partial charge in [-0.05, 0) is 90.6 Å². The van der Waals surface area contributed by atoms with Crippen LogP contribution in [0.3, 0.4) is 0 Å². The van der Waals surface area contributed by atoms with E-state index in [-0.39, 0.29) is 30.8 Å². The Morgan fingerprint density at radius 2 is 1.04 bits per heavy atom. The molecule has 0 fully saturated rings. The SMILES string of the molecule is CC(CC(=O)C(C)(C)N)C(=O)NC(C)(C)C(=O)NC(Cc1ccc2ccccc2c1)C(=O)NC(C)(C)C(=O)CC(Cc1ccc(C(=O)c2ccccc2)cc1)C(=O)NC(C)(C)C(=O)NC(C)C(=O)O. The van der Waals surface area contributed by atoms with Gasteiger partial charge in [0.15, 0.2) is 17.3 Å². The van der Waals surface area contributed by atoms with E-state index in [9.17, 15) is 48.3 Å². The van der Waals surface area contributed by atoms with Crippen molar-refractivity contribution in [3.05, 3.63) is 119 Å². The first-order valence-electron chi connectivity index (χ1n) is 22.8. The molecule has 0 aliphatic rings. The number of nitrogens with two attached hydrogens (primary N) is 1. The molecule has 0 aliphatic heterocycles. The largest absolute Gasteiger partial charge is 0.480 e. The van der Waals surface area contributed by atoms with Crippen molar-refractivity contribution in [1.29, 1.82) is 0 Å². The van der Waals surface area contributed by atoms with Gasteiger partial charge >= 0.3 is 5.97 Å². The Bertz CT molecular complexity index is 2580. The molecule has 0 radical (unpaired) electrons. The van der Waals surface area contributed by atoms with Crippen LogP contribution in [0.2, 0.25) is 0 Å². The van der Waals surface area contributed by atoms with Gasteiger partial charge in [0.25, 0.3) is 0 Å². The van der Waals surface area contributed by atoms with Crippen molar-refractivity contribution in [3.63, 3.8) is 0 Å². The summed E-state index contributed by atoms with van der Waals surface area (Å²) in [6.45, 7) is 14.5. The predicted molar refractivity (Wildman–Crippen MR) is 262 cm³/mol. The minimum atomic E-state index is -1.65. The number of amides is 5. The average molecular weight is 947 g/mol. The second-order valence-corrected chi connectivity index (χ2v) is 20.0. The summed E-state index contributed by atoms with van der Waals surface area (Å²) >= 11 is 0. The maximum absolute atomic E-state index is 14.4. The van der Waals surface area contributed by atoms with Crippen LogP contribution >= 0.6 is 0 Å². The van der Waals surface area contributed by atoms with Gasteiger partial charge in [0, 0.05) is 42.2 Å². The lowest BCUT2D eigenvalue weighted by Crippen LogP contribution is -2.62. The molecule has 4 aromatic carbocycles. The lowest BCUT2D eigenvalue weighted by molar-refractivity contribution is -0.143. The molecule has 0 spiro atoms. The molecule has 16 heteroatoms. The number of benzene rings is 4. The molecule has 4 rings (SSSR count). The highest BCUT2D eigenvalue weighted by Crippen LogP contribution is 2.23. The molecule has 8 N–H and O–H groups in total. The van der Waals surface area contributed by atoms with Gasteiger partial charge in [-0.1, -0.05) is 104 Å². The number of carbonyl (C=O) groups is 9. The topological polar surface area (TPSA) is 260 Å². The highest BCUT2D eigenvalue weighted by molar-refractivity contribution is 6.09. The van der Waals surface area contributed by atoms with Crippen LogP contribution in [0.25, 0.3) is 10.8 Å². The molecule has 69 heavy (non-hydrogen) atoms. The van der Waals surface area contributed by atoms with Gasteiger partial charge in [-0.25, -0.2) is 0 Å². The van der Waals surface area contributed by atoms with Crippen LogP contribution in [0.4, 0.5) is 0 Å². The van der Waals surface area contributed by atoms with Crippen LogP contribution in [0, 0.1) is 11.8 Å². The predicted octanol–water partition coefficient (Wildman–Crippen LogP) is 4.52. The number of Topliss-reactive ketones (excluding diaryl/α,β-unsaturated/α-hetero) is 2. The van der Waals surface area contributed by atoms with Crippen LogP contribution in [0.1, 0.15) is 109 Å². The fraction of sp³-hybridized carbons (Fsp3) is 0.415. The molecule has 4 aromatic rings. The molecule has 16 nitrogen and oxygen atoms in total. The van der Waals surface area contributed by atoms with E-state index in [2.05, 4.69) is 26.6 Å². The quantitative estimate of drug-likeness (QED) is 0.0509. The van der Waals surface area contributed by atoms with E-state index in [1.165, 1.54) is 62.3 Å². The molecule has 0 heterocycles. The van der Waals surface area contributed by atoms with Crippen molar-refractivity contribution in [3.8, 4) is 0 Å². The minimum absolute atomic E-state index is 0.0291. The van der Waals surface area contributed by atoms with E-state index in [0.717, 1.165) is 10.8 Å². The number of ketones is 3. The van der Waals surface area contributed by atoms with Crippen molar-refractivity contribution < 1.29 is 48.3 Å². The first-order valence-corrected chi connectivity index (χ1v) is 22.8. The van der Waals surface area contributed by atoms with Crippen molar-refractivity contribution in [1.82, 2.24) is 26.6 Å². The number of nitrogens with one attached hydrogen (secondary N) is 5. The normalized spacial score (nSPS) is 13.7. The average Bonchev–Trinajstić information content (AvgIpc) is 3.27. The third-order valence-corrected chi connectivity index (χ3v) is 11.9. The monoisotopic (exact) mass is 946 g/mol. The van der Waals surface area contributed by atoms with E-state index < -0.39 is 93.8 Å². The molecule has 4 atom stereocenters. The maximum atomic E-state index is 14.4. The summed E-state index contributed by atoms with van der Waals surface area (Å²) in [4.78, 5) is 121. The van der Waals surface area contributed by atoms with Crippen LogP contribution in [0.15, 0.2) is 97.1 Å². The van der Waals surface area contributed by atoms with Crippen LogP contribution in [-0.2, 0) is 51.2 Å². The number of hydrogen-bond acceptors (Lipinski definition) is 10. The van der Waals surface area contributed by atoms with E-state index in [4.69, 9.17) is 5.73 Å². The third-order valence-electron chi connectivity index (χ3n) is 11.9. The van der Waals surface area contributed by atoms with Gasteiger partial charge in [0.2, 0.25) is 29.5 Å². The second-order valence-electron chi connectivity index (χ2n) is 20.0. The highest BCUT2D eigenvalue weighted by atomic mass is 16.4. The first kappa shape index (κ1) is 54.5. The van der Waals surface area contributed by atoms with E-state index in [1.807, 2.05) is 42.5 Å².